The van der Waals surface area contributed by atoms with Gasteiger partial charge in [-0.05, 0) is 43.4 Å². The summed E-state index contributed by atoms with van der Waals surface area (Å²) in [5, 5.41) is 26.8. The highest BCUT2D eigenvalue weighted by Gasteiger charge is 2.43. The number of piperidine rings is 1. The average molecular weight is 568 g/mol. The van der Waals surface area contributed by atoms with Crippen molar-refractivity contribution in [1.82, 2.24) is 15.4 Å². The molecular formula is C30H41N5O6. The fourth-order valence-corrected chi connectivity index (χ4v) is 5.92. The predicted molar refractivity (Wildman–Crippen MR) is 151 cm³/mol. The number of methoxy groups -OCH3 is 2. The molecule has 2 aromatic rings. The molecule has 11 heteroatoms. The molecule has 222 valence electrons. The van der Waals surface area contributed by atoms with E-state index in [1.807, 2.05) is 26.8 Å². The molecule has 2 N–H and O–H groups in total. The number of hydrogen-bond acceptors (Lipinski definition) is 9. The number of anilines is 1. The number of likely N-dealkylation sites (tertiary alicyclic amines) is 1. The molecule has 41 heavy (non-hydrogen) atoms. The third kappa shape index (κ3) is 6.89. The number of carbonyl (C=O) groups excluding carboxylic acids is 2. The quantitative estimate of drug-likeness (QED) is 0.415. The van der Waals surface area contributed by atoms with E-state index in [4.69, 9.17) is 19.3 Å². The van der Waals surface area contributed by atoms with Gasteiger partial charge < -0.3 is 34.2 Å². The minimum Gasteiger partial charge on any atom is -0.391 e. The number of β-amino-alcohol motifs (C(OH)–C–C–N with tert-alkyl or cyclic N) is 1. The molecule has 4 rings (SSSR count). The molecule has 2 aliphatic rings. The van der Waals surface area contributed by atoms with Gasteiger partial charge in [0.05, 0.1) is 23.8 Å². The lowest BCUT2D eigenvalue weighted by Crippen LogP contribution is -2.48. The van der Waals surface area contributed by atoms with Crippen LogP contribution in [0.25, 0.3) is 0 Å². The van der Waals surface area contributed by atoms with Crippen LogP contribution in [0.5, 0.6) is 0 Å². The Labute approximate surface area is 241 Å². The monoisotopic (exact) mass is 567 g/mol. The SMILES string of the molecule is COC(OC)C1CCN(c2cc([C@H](C(=O)N3C[C@H](O)C[C@H]3C(=O)N[C@@H](C)c3ccc(C#N)cc3)C(C)C)on2)CC1. The van der Waals surface area contributed by atoms with Crippen LogP contribution in [0, 0.1) is 23.2 Å². The first-order valence-corrected chi connectivity index (χ1v) is 14.2. The Morgan fingerprint density at radius 2 is 1.80 bits per heavy atom. The molecule has 1 aromatic carbocycles. The first-order valence-electron chi connectivity index (χ1n) is 14.2. The second-order valence-electron chi connectivity index (χ2n) is 11.3. The number of hydrogen-bond donors (Lipinski definition) is 2. The highest BCUT2D eigenvalue weighted by Crippen LogP contribution is 2.34. The maximum absolute atomic E-state index is 13.9. The van der Waals surface area contributed by atoms with Gasteiger partial charge in [-0.15, -0.1) is 0 Å². The number of aromatic nitrogens is 1. The zero-order chi connectivity index (χ0) is 29.7. The van der Waals surface area contributed by atoms with E-state index >= 15 is 0 Å². The van der Waals surface area contributed by atoms with Gasteiger partial charge in [0.2, 0.25) is 11.8 Å². The number of nitrogens with zero attached hydrogens (tertiary/aromatic N) is 4. The van der Waals surface area contributed by atoms with Gasteiger partial charge >= 0.3 is 0 Å². The molecule has 0 unspecified atom stereocenters. The Kier molecular flexibility index (Phi) is 10.0. The van der Waals surface area contributed by atoms with Crippen LogP contribution < -0.4 is 10.2 Å². The van der Waals surface area contributed by atoms with E-state index in [2.05, 4.69) is 21.4 Å². The molecular weight excluding hydrogens is 526 g/mol. The molecule has 0 radical (unpaired) electrons. The van der Waals surface area contributed by atoms with E-state index in [9.17, 15) is 14.7 Å². The molecule has 0 aliphatic carbocycles. The largest absolute Gasteiger partial charge is 0.391 e. The molecule has 2 aliphatic heterocycles. The molecule has 11 nitrogen and oxygen atoms in total. The van der Waals surface area contributed by atoms with E-state index in [0.29, 0.717) is 23.1 Å². The standard InChI is InChI=1S/C30H41N5O6/c1-18(2)27(25-15-26(33-41-25)34-12-10-22(11-13-34)30(39-4)40-5)29(38)35-17-23(36)14-24(35)28(37)32-19(3)21-8-6-20(16-31)7-9-21/h6-9,15,18-19,22-24,27,30,36H,10-14,17H2,1-5H3,(H,32,37)/t19-,23+,24-,27+/m0/s1. The smallest absolute Gasteiger partial charge is 0.243 e. The number of carbonyl (C=O) groups is 2. The molecule has 1 aromatic heterocycles. The topological polar surface area (TPSA) is 141 Å². The summed E-state index contributed by atoms with van der Waals surface area (Å²) in [6.07, 6.45) is 0.876. The van der Waals surface area contributed by atoms with Gasteiger partial charge in [0, 0.05) is 52.3 Å². The molecule has 0 saturated carbocycles. The first-order chi connectivity index (χ1) is 19.7. The number of aliphatic hydroxyl groups excluding tert-OH is 1. The van der Waals surface area contributed by atoms with Crippen molar-refractivity contribution in [2.45, 2.75) is 70.4 Å². The van der Waals surface area contributed by atoms with E-state index in [1.54, 1.807) is 38.5 Å². The summed E-state index contributed by atoms with van der Waals surface area (Å²) >= 11 is 0. The van der Waals surface area contributed by atoms with Crippen molar-refractivity contribution < 1.29 is 28.7 Å². The molecule has 2 amide bonds. The van der Waals surface area contributed by atoms with Gasteiger partial charge in [-0.2, -0.15) is 5.26 Å². The van der Waals surface area contributed by atoms with Crippen LogP contribution in [0.1, 0.15) is 68.9 Å². The molecule has 0 spiro atoms. The van der Waals surface area contributed by atoms with Gasteiger partial charge in [-0.25, -0.2) is 0 Å². The highest BCUT2D eigenvalue weighted by molar-refractivity contribution is 5.91. The van der Waals surface area contributed by atoms with Crippen LogP contribution in [-0.4, -0.2) is 79.3 Å². The lowest BCUT2D eigenvalue weighted by atomic mass is 9.91. The summed E-state index contributed by atoms with van der Waals surface area (Å²) in [6.45, 7) is 7.30. The van der Waals surface area contributed by atoms with Crippen LogP contribution in [0.4, 0.5) is 5.82 Å². The molecule has 3 heterocycles. The molecule has 2 fully saturated rings. The molecule has 4 atom stereocenters. The summed E-state index contributed by atoms with van der Waals surface area (Å²) in [6, 6.07) is 9.74. The van der Waals surface area contributed by atoms with Crippen molar-refractivity contribution in [3.63, 3.8) is 0 Å². The van der Waals surface area contributed by atoms with Crippen molar-refractivity contribution in [3.05, 3.63) is 47.2 Å². The lowest BCUT2D eigenvalue weighted by Gasteiger charge is -2.34. The van der Waals surface area contributed by atoms with Gasteiger partial charge in [-0.1, -0.05) is 31.1 Å². The highest BCUT2D eigenvalue weighted by atomic mass is 16.7. The third-order valence-electron chi connectivity index (χ3n) is 8.23. The van der Waals surface area contributed by atoms with E-state index in [0.717, 1.165) is 31.5 Å². The fraction of sp³-hybridized carbons (Fsp3) is 0.600. The number of ether oxygens (including phenoxy) is 2. The van der Waals surface area contributed by atoms with Gasteiger partial charge in [0.15, 0.2) is 17.9 Å². The first kappa shape index (κ1) is 30.5. The number of rotatable bonds is 10. The summed E-state index contributed by atoms with van der Waals surface area (Å²) in [7, 11) is 3.30. The van der Waals surface area contributed by atoms with Crippen molar-refractivity contribution in [1.29, 1.82) is 5.26 Å². The summed E-state index contributed by atoms with van der Waals surface area (Å²) in [5.41, 5.74) is 1.38. The van der Waals surface area contributed by atoms with Crippen LogP contribution >= 0.6 is 0 Å². The second-order valence-corrected chi connectivity index (χ2v) is 11.3. The number of amides is 2. The zero-order valence-corrected chi connectivity index (χ0v) is 24.4. The van der Waals surface area contributed by atoms with Gasteiger partial charge in [0.1, 0.15) is 12.0 Å². The lowest BCUT2D eigenvalue weighted by molar-refractivity contribution is -0.141. The second kappa shape index (κ2) is 13.5. The van der Waals surface area contributed by atoms with Crippen LogP contribution in [0.2, 0.25) is 0 Å². The van der Waals surface area contributed by atoms with Crippen molar-refractivity contribution in [2.24, 2.45) is 11.8 Å². The Morgan fingerprint density at radius 1 is 1.15 bits per heavy atom. The summed E-state index contributed by atoms with van der Waals surface area (Å²) < 4.78 is 16.6. The number of aliphatic hydroxyl groups is 1. The minimum absolute atomic E-state index is 0.0695. The van der Waals surface area contributed by atoms with E-state index in [1.165, 1.54) is 4.90 Å². The third-order valence-corrected chi connectivity index (χ3v) is 8.23. The minimum atomic E-state index is -0.810. The van der Waals surface area contributed by atoms with E-state index < -0.39 is 18.1 Å². The Balaban J connectivity index is 1.45. The fourth-order valence-electron chi connectivity index (χ4n) is 5.92. The number of nitrogens with one attached hydrogen (secondary N) is 1. The van der Waals surface area contributed by atoms with Crippen molar-refractivity contribution >= 4 is 17.6 Å². The maximum Gasteiger partial charge on any atom is 0.243 e. The van der Waals surface area contributed by atoms with Crippen LogP contribution in [0.15, 0.2) is 34.9 Å². The average Bonchev–Trinajstić information content (AvgIpc) is 3.61. The predicted octanol–water partition coefficient (Wildman–Crippen LogP) is 2.96. The Hall–Kier alpha value is -3.46. The summed E-state index contributed by atoms with van der Waals surface area (Å²) in [5.74, 6) is 0.0272. The zero-order valence-electron chi connectivity index (χ0n) is 24.4. The van der Waals surface area contributed by atoms with Crippen LogP contribution in [0.3, 0.4) is 0 Å². The van der Waals surface area contributed by atoms with Gasteiger partial charge in [0.25, 0.3) is 0 Å². The van der Waals surface area contributed by atoms with E-state index in [-0.39, 0.29) is 43.0 Å². The number of nitriles is 1. The number of benzene rings is 1. The maximum atomic E-state index is 13.9. The Morgan fingerprint density at radius 3 is 2.39 bits per heavy atom. The normalized spacial score (nSPS) is 21.2. The van der Waals surface area contributed by atoms with Gasteiger partial charge in [-0.3, -0.25) is 9.59 Å². The Bertz CT molecular complexity index is 1210. The summed E-state index contributed by atoms with van der Waals surface area (Å²) in [4.78, 5) is 30.9. The van der Waals surface area contributed by atoms with Crippen molar-refractivity contribution in [3.8, 4) is 6.07 Å². The molecule has 0 bridgehead atoms. The van der Waals surface area contributed by atoms with Crippen LogP contribution in [-0.2, 0) is 19.1 Å². The van der Waals surface area contributed by atoms with Crippen molar-refractivity contribution in [2.75, 3.05) is 38.8 Å². The molecule has 2 saturated heterocycles.